The zero-order valence-corrected chi connectivity index (χ0v) is 18.1. The lowest BCUT2D eigenvalue weighted by molar-refractivity contribution is 0.162. The molecule has 5 rings (SSSR count). The largest absolute Gasteiger partial charge is 0.484 e. The van der Waals surface area contributed by atoms with Gasteiger partial charge in [0.05, 0.1) is 18.4 Å². The topological polar surface area (TPSA) is 133 Å². The van der Waals surface area contributed by atoms with Crippen LogP contribution in [0, 0.1) is 0 Å². The molecule has 4 aromatic heterocycles. The summed E-state index contributed by atoms with van der Waals surface area (Å²) in [6, 6.07) is 5.74. The number of ether oxygens (including phenoxy) is 3. The molecule has 5 heterocycles. The zero-order valence-electron chi connectivity index (χ0n) is 18.1. The van der Waals surface area contributed by atoms with Crippen molar-refractivity contribution in [1.29, 1.82) is 0 Å². The van der Waals surface area contributed by atoms with Crippen LogP contribution in [-0.4, -0.2) is 62.0 Å². The quantitative estimate of drug-likeness (QED) is 0.436. The summed E-state index contributed by atoms with van der Waals surface area (Å²) in [5, 5.41) is 10.1. The SMILES string of the molecule is COc1ncc(-c2cc(NCC(C)c3ccnc4c3OCCO4)ncn2)cc1-c1ncn[nH]1. The van der Waals surface area contributed by atoms with Crippen LogP contribution in [0.1, 0.15) is 18.4 Å². The third-order valence-electron chi connectivity index (χ3n) is 5.27. The van der Waals surface area contributed by atoms with Crippen molar-refractivity contribution in [3.05, 3.63) is 48.8 Å². The van der Waals surface area contributed by atoms with Gasteiger partial charge in [-0.1, -0.05) is 6.92 Å². The maximum Gasteiger partial charge on any atom is 0.257 e. The molecule has 1 aliphatic heterocycles. The average Bonchev–Trinajstić information content (AvgIpc) is 3.42. The molecule has 0 aromatic carbocycles. The van der Waals surface area contributed by atoms with E-state index in [1.165, 1.54) is 12.7 Å². The lowest BCUT2D eigenvalue weighted by Gasteiger charge is -2.22. The first-order valence-electron chi connectivity index (χ1n) is 10.4. The van der Waals surface area contributed by atoms with Crippen LogP contribution in [0.5, 0.6) is 17.5 Å². The minimum Gasteiger partial charge on any atom is -0.484 e. The number of pyridine rings is 2. The van der Waals surface area contributed by atoms with Crippen LogP contribution in [0.2, 0.25) is 0 Å². The number of anilines is 1. The Balaban J connectivity index is 1.35. The summed E-state index contributed by atoms with van der Waals surface area (Å²) in [6.45, 7) is 3.78. The highest BCUT2D eigenvalue weighted by Gasteiger charge is 2.21. The second kappa shape index (κ2) is 9.07. The van der Waals surface area contributed by atoms with E-state index in [-0.39, 0.29) is 5.92 Å². The molecule has 0 saturated carbocycles. The van der Waals surface area contributed by atoms with Crippen LogP contribution in [0.3, 0.4) is 0 Å². The molecule has 0 bridgehead atoms. The molecule has 1 aliphatic rings. The average molecular weight is 446 g/mol. The molecule has 33 heavy (non-hydrogen) atoms. The van der Waals surface area contributed by atoms with Crippen LogP contribution in [0.25, 0.3) is 22.6 Å². The number of aromatic amines is 1. The minimum atomic E-state index is 0.141. The highest BCUT2D eigenvalue weighted by atomic mass is 16.6. The summed E-state index contributed by atoms with van der Waals surface area (Å²) in [7, 11) is 1.56. The minimum absolute atomic E-state index is 0.141. The number of hydrogen-bond acceptors (Lipinski definition) is 10. The number of fused-ring (bicyclic) bond motifs is 1. The molecule has 0 fully saturated rings. The molecule has 1 atom stereocenters. The van der Waals surface area contributed by atoms with E-state index in [2.05, 4.69) is 47.4 Å². The summed E-state index contributed by atoms with van der Waals surface area (Å²) in [5.74, 6) is 3.11. The van der Waals surface area contributed by atoms with Gasteiger partial charge >= 0.3 is 0 Å². The van der Waals surface area contributed by atoms with E-state index in [0.717, 1.165) is 11.1 Å². The summed E-state index contributed by atoms with van der Waals surface area (Å²) in [5.41, 5.74) is 3.25. The van der Waals surface area contributed by atoms with Gasteiger partial charge in [-0.15, -0.1) is 0 Å². The number of hydrogen-bond donors (Lipinski definition) is 2. The van der Waals surface area contributed by atoms with Crippen molar-refractivity contribution >= 4 is 5.82 Å². The number of nitrogens with one attached hydrogen (secondary N) is 2. The Kier molecular flexibility index (Phi) is 5.66. The Bertz CT molecular complexity index is 1250. The Labute approximate surface area is 189 Å². The predicted molar refractivity (Wildman–Crippen MR) is 119 cm³/mol. The number of rotatable bonds is 7. The van der Waals surface area contributed by atoms with E-state index in [4.69, 9.17) is 14.2 Å². The molecule has 0 saturated heterocycles. The van der Waals surface area contributed by atoms with Crippen molar-refractivity contribution in [1.82, 2.24) is 35.1 Å². The standard InChI is InChI=1S/C22H22N8O3/c1-13(15-3-4-23-22-19(15)32-5-6-33-22)9-24-18-8-17(26-11-27-18)14-7-16(20-28-12-29-30-20)21(31-2)25-10-14/h3-4,7-8,10-13H,5-6,9H2,1-2H3,(H,24,26,27)(H,28,29,30). The first-order valence-corrected chi connectivity index (χ1v) is 10.4. The number of methoxy groups -OCH3 is 1. The maximum atomic E-state index is 5.80. The van der Waals surface area contributed by atoms with Crippen molar-refractivity contribution in [2.75, 3.05) is 32.2 Å². The molecule has 2 N–H and O–H groups in total. The Morgan fingerprint density at radius 3 is 2.85 bits per heavy atom. The van der Waals surface area contributed by atoms with E-state index >= 15 is 0 Å². The second-order valence-corrected chi connectivity index (χ2v) is 7.42. The molecule has 1 unspecified atom stereocenters. The number of H-pyrrole nitrogens is 1. The first kappa shape index (κ1) is 20.6. The molecular weight excluding hydrogens is 424 g/mol. The molecule has 11 heteroatoms. The third-order valence-corrected chi connectivity index (χ3v) is 5.27. The van der Waals surface area contributed by atoms with Gasteiger partial charge in [0.2, 0.25) is 5.88 Å². The fraction of sp³-hybridized carbons (Fsp3) is 0.273. The summed E-state index contributed by atoms with van der Waals surface area (Å²) in [6.07, 6.45) is 6.40. The van der Waals surface area contributed by atoms with E-state index in [1.54, 1.807) is 19.5 Å². The monoisotopic (exact) mass is 446 g/mol. The normalized spacial score (nSPS) is 13.4. The van der Waals surface area contributed by atoms with Gasteiger partial charge in [0, 0.05) is 42.0 Å². The molecule has 0 aliphatic carbocycles. The molecule has 11 nitrogen and oxygen atoms in total. The van der Waals surface area contributed by atoms with Gasteiger partial charge in [0.15, 0.2) is 11.6 Å². The lowest BCUT2D eigenvalue weighted by atomic mass is 10.0. The Morgan fingerprint density at radius 2 is 2.00 bits per heavy atom. The third kappa shape index (κ3) is 4.25. The first-order chi connectivity index (χ1) is 16.2. The molecule has 0 spiro atoms. The summed E-state index contributed by atoms with van der Waals surface area (Å²) < 4.78 is 16.7. The lowest BCUT2D eigenvalue weighted by Crippen LogP contribution is -2.19. The van der Waals surface area contributed by atoms with Crippen molar-refractivity contribution in [2.45, 2.75) is 12.8 Å². The van der Waals surface area contributed by atoms with Gasteiger partial charge in [-0.05, 0) is 12.1 Å². The van der Waals surface area contributed by atoms with Crippen molar-refractivity contribution in [2.24, 2.45) is 0 Å². The van der Waals surface area contributed by atoms with Gasteiger partial charge < -0.3 is 19.5 Å². The fourth-order valence-corrected chi connectivity index (χ4v) is 3.60. The van der Waals surface area contributed by atoms with E-state index < -0.39 is 0 Å². The number of nitrogens with zero attached hydrogens (tertiary/aromatic N) is 6. The molecule has 0 amide bonds. The van der Waals surface area contributed by atoms with Crippen LogP contribution in [-0.2, 0) is 0 Å². The molecule has 0 radical (unpaired) electrons. The van der Waals surface area contributed by atoms with Crippen molar-refractivity contribution < 1.29 is 14.2 Å². The van der Waals surface area contributed by atoms with Gasteiger partial charge in [-0.3, -0.25) is 5.10 Å². The smallest absolute Gasteiger partial charge is 0.257 e. The Morgan fingerprint density at radius 1 is 1.09 bits per heavy atom. The highest BCUT2D eigenvalue weighted by Crippen LogP contribution is 2.36. The predicted octanol–water partition coefficient (Wildman–Crippen LogP) is 2.71. The van der Waals surface area contributed by atoms with Gasteiger partial charge in [0.1, 0.15) is 31.7 Å². The van der Waals surface area contributed by atoms with E-state index in [9.17, 15) is 0 Å². The van der Waals surface area contributed by atoms with Crippen molar-refractivity contribution in [3.63, 3.8) is 0 Å². The van der Waals surface area contributed by atoms with Gasteiger partial charge in [-0.25, -0.2) is 24.9 Å². The molecular formula is C22H22N8O3. The van der Waals surface area contributed by atoms with Crippen LogP contribution in [0.15, 0.2) is 43.2 Å². The fourth-order valence-electron chi connectivity index (χ4n) is 3.60. The highest BCUT2D eigenvalue weighted by molar-refractivity contribution is 5.71. The summed E-state index contributed by atoms with van der Waals surface area (Å²) in [4.78, 5) is 21.6. The van der Waals surface area contributed by atoms with Gasteiger partial charge in [-0.2, -0.15) is 5.10 Å². The van der Waals surface area contributed by atoms with Crippen LogP contribution < -0.4 is 19.5 Å². The second-order valence-electron chi connectivity index (χ2n) is 7.42. The number of aromatic nitrogens is 7. The van der Waals surface area contributed by atoms with E-state index in [0.29, 0.717) is 60.2 Å². The molecule has 168 valence electrons. The molecule has 4 aromatic rings. The summed E-state index contributed by atoms with van der Waals surface area (Å²) >= 11 is 0. The van der Waals surface area contributed by atoms with Gasteiger partial charge in [0.25, 0.3) is 5.88 Å². The zero-order chi connectivity index (χ0) is 22.6. The van der Waals surface area contributed by atoms with Crippen LogP contribution in [0.4, 0.5) is 5.82 Å². The Hall–Kier alpha value is -4.28. The van der Waals surface area contributed by atoms with E-state index in [1.807, 2.05) is 18.2 Å². The maximum absolute atomic E-state index is 5.80. The van der Waals surface area contributed by atoms with Crippen LogP contribution >= 0.6 is 0 Å². The van der Waals surface area contributed by atoms with Crippen molar-refractivity contribution in [3.8, 4) is 40.2 Å².